The maximum absolute atomic E-state index is 12.9. The van der Waals surface area contributed by atoms with Gasteiger partial charge in [-0.3, -0.25) is 0 Å². The van der Waals surface area contributed by atoms with Gasteiger partial charge in [-0.25, -0.2) is 4.39 Å². The Balaban J connectivity index is 2.39. The minimum atomic E-state index is -0.135. The Morgan fingerprint density at radius 3 is 2.86 bits per heavy atom. The monoisotopic (exact) mass is 213 g/mol. The zero-order valence-corrected chi connectivity index (χ0v) is 9.28. The fourth-order valence-corrected chi connectivity index (χ4v) is 1.41. The van der Waals surface area contributed by atoms with E-state index < -0.39 is 0 Å². The fourth-order valence-electron chi connectivity index (χ4n) is 1.25. The van der Waals surface area contributed by atoms with Crippen molar-refractivity contribution in [1.82, 2.24) is 5.32 Å². The van der Waals surface area contributed by atoms with E-state index in [1.807, 2.05) is 12.1 Å². The van der Waals surface area contributed by atoms with Crippen LogP contribution in [0.15, 0.2) is 18.2 Å². The van der Waals surface area contributed by atoms with E-state index in [2.05, 4.69) is 17.9 Å². The van der Waals surface area contributed by atoms with Crippen LogP contribution >= 0.6 is 12.6 Å². The molecule has 0 aliphatic rings. The number of nitrogens with one attached hydrogen (secondary N) is 1. The first-order valence-corrected chi connectivity index (χ1v) is 5.44. The van der Waals surface area contributed by atoms with E-state index in [-0.39, 0.29) is 5.82 Å². The Labute approximate surface area is 90.1 Å². The SMILES string of the molecule is Cc1cc(CNCCCS)ccc1F. The third-order valence-corrected chi connectivity index (χ3v) is 2.38. The highest BCUT2D eigenvalue weighted by Crippen LogP contribution is 2.08. The Morgan fingerprint density at radius 2 is 2.21 bits per heavy atom. The van der Waals surface area contributed by atoms with Crippen LogP contribution in [0.5, 0.6) is 0 Å². The van der Waals surface area contributed by atoms with Crippen molar-refractivity contribution in [2.24, 2.45) is 0 Å². The highest BCUT2D eigenvalue weighted by atomic mass is 32.1. The number of hydrogen-bond donors (Lipinski definition) is 2. The summed E-state index contributed by atoms with van der Waals surface area (Å²) in [7, 11) is 0. The molecule has 0 aromatic heterocycles. The molecule has 14 heavy (non-hydrogen) atoms. The molecule has 78 valence electrons. The zero-order valence-electron chi connectivity index (χ0n) is 8.39. The predicted molar refractivity (Wildman–Crippen MR) is 61.3 cm³/mol. The van der Waals surface area contributed by atoms with E-state index in [1.54, 1.807) is 6.92 Å². The van der Waals surface area contributed by atoms with Gasteiger partial charge < -0.3 is 5.32 Å². The Morgan fingerprint density at radius 1 is 1.43 bits per heavy atom. The van der Waals surface area contributed by atoms with E-state index in [0.29, 0.717) is 5.56 Å². The number of thiol groups is 1. The Hall–Kier alpha value is -0.540. The van der Waals surface area contributed by atoms with Gasteiger partial charge in [0.2, 0.25) is 0 Å². The van der Waals surface area contributed by atoms with E-state index in [4.69, 9.17) is 0 Å². The first kappa shape index (κ1) is 11.5. The second-order valence-corrected chi connectivity index (χ2v) is 3.78. The van der Waals surface area contributed by atoms with Crippen LogP contribution < -0.4 is 5.32 Å². The van der Waals surface area contributed by atoms with Crippen LogP contribution in [0.1, 0.15) is 17.5 Å². The van der Waals surface area contributed by atoms with Gasteiger partial charge in [0.1, 0.15) is 5.82 Å². The van der Waals surface area contributed by atoms with Gasteiger partial charge in [-0.05, 0) is 42.8 Å². The third-order valence-electron chi connectivity index (χ3n) is 2.06. The molecule has 0 saturated carbocycles. The molecule has 3 heteroatoms. The minimum absolute atomic E-state index is 0.135. The third kappa shape index (κ3) is 3.68. The molecule has 0 aliphatic heterocycles. The summed E-state index contributed by atoms with van der Waals surface area (Å²) in [4.78, 5) is 0. The molecular weight excluding hydrogens is 197 g/mol. The first-order valence-electron chi connectivity index (χ1n) is 4.80. The largest absolute Gasteiger partial charge is 0.313 e. The first-order chi connectivity index (χ1) is 6.74. The molecule has 0 saturated heterocycles. The summed E-state index contributed by atoms with van der Waals surface area (Å²) in [6, 6.07) is 5.21. The summed E-state index contributed by atoms with van der Waals surface area (Å²) in [5, 5.41) is 3.28. The Bertz CT molecular complexity index is 289. The highest BCUT2D eigenvalue weighted by molar-refractivity contribution is 7.80. The maximum Gasteiger partial charge on any atom is 0.126 e. The summed E-state index contributed by atoms with van der Waals surface area (Å²) >= 11 is 4.12. The lowest BCUT2D eigenvalue weighted by Gasteiger charge is -2.05. The molecular formula is C11H16FNS. The summed E-state index contributed by atoms with van der Waals surface area (Å²) < 4.78 is 12.9. The average Bonchev–Trinajstić information content (AvgIpc) is 2.18. The van der Waals surface area contributed by atoms with Crippen molar-refractivity contribution >= 4 is 12.6 Å². The quantitative estimate of drug-likeness (QED) is 0.566. The summed E-state index contributed by atoms with van der Waals surface area (Å²) in [6.07, 6.45) is 1.06. The van der Waals surface area contributed by atoms with Crippen molar-refractivity contribution in [1.29, 1.82) is 0 Å². The van der Waals surface area contributed by atoms with Crippen LogP contribution in [0.3, 0.4) is 0 Å². The molecule has 1 aromatic rings. The minimum Gasteiger partial charge on any atom is -0.313 e. The Kier molecular flexibility index (Phi) is 4.98. The second-order valence-electron chi connectivity index (χ2n) is 3.34. The van der Waals surface area contributed by atoms with Crippen LogP contribution in [0, 0.1) is 12.7 Å². The predicted octanol–water partition coefficient (Wildman–Crippen LogP) is 2.54. The van der Waals surface area contributed by atoms with Gasteiger partial charge in [0.15, 0.2) is 0 Å². The molecule has 0 heterocycles. The van der Waals surface area contributed by atoms with E-state index in [0.717, 1.165) is 30.8 Å². The molecule has 0 atom stereocenters. The van der Waals surface area contributed by atoms with Gasteiger partial charge in [0, 0.05) is 6.54 Å². The summed E-state index contributed by atoms with van der Waals surface area (Å²) in [6.45, 7) is 3.54. The van der Waals surface area contributed by atoms with Crippen molar-refractivity contribution < 1.29 is 4.39 Å². The standard InChI is InChI=1S/C11H16FNS/c1-9-7-10(3-4-11(9)12)8-13-5-2-6-14/h3-4,7,13-14H,2,5-6,8H2,1H3. The molecule has 0 spiro atoms. The lowest BCUT2D eigenvalue weighted by atomic mass is 10.1. The number of benzene rings is 1. The van der Waals surface area contributed by atoms with Gasteiger partial charge >= 0.3 is 0 Å². The number of aryl methyl sites for hydroxylation is 1. The van der Waals surface area contributed by atoms with Crippen LogP contribution in [-0.4, -0.2) is 12.3 Å². The molecule has 0 bridgehead atoms. The smallest absolute Gasteiger partial charge is 0.126 e. The molecule has 1 nitrogen and oxygen atoms in total. The average molecular weight is 213 g/mol. The van der Waals surface area contributed by atoms with Crippen LogP contribution in [0.4, 0.5) is 4.39 Å². The van der Waals surface area contributed by atoms with Crippen molar-refractivity contribution in [2.45, 2.75) is 19.9 Å². The van der Waals surface area contributed by atoms with Crippen LogP contribution in [0.25, 0.3) is 0 Å². The maximum atomic E-state index is 12.9. The zero-order chi connectivity index (χ0) is 10.4. The normalized spacial score (nSPS) is 10.5. The summed E-state index contributed by atoms with van der Waals surface area (Å²) in [5.74, 6) is 0.763. The van der Waals surface area contributed by atoms with Gasteiger partial charge in [-0.1, -0.05) is 12.1 Å². The molecule has 1 aromatic carbocycles. The summed E-state index contributed by atoms with van der Waals surface area (Å²) in [5.41, 5.74) is 1.83. The van der Waals surface area contributed by atoms with E-state index >= 15 is 0 Å². The van der Waals surface area contributed by atoms with E-state index in [1.165, 1.54) is 6.07 Å². The lowest BCUT2D eigenvalue weighted by Crippen LogP contribution is -2.15. The van der Waals surface area contributed by atoms with Crippen molar-refractivity contribution in [2.75, 3.05) is 12.3 Å². The molecule has 1 N–H and O–H groups in total. The van der Waals surface area contributed by atoms with Gasteiger partial charge in [-0.15, -0.1) is 0 Å². The van der Waals surface area contributed by atoms with Crippen molar-refractivity contribution in [3.8, 4) is 0 Å². The highest BCUT2D eigenvalue weighted by Gasteiger charge is 1.98. The number of rotatable bonds is 5. The topological polar surface area (TPSA) is 12.0 Å². The molecule has 0 unspecified atom stereocenters. The molecule has 1 rings (SSSR count). The lowest BCUT2D eigenvalue weighted by molar-refractivity contribution is 0.615. The van der Waals surface area contributed by atoms with Crippen LogP contribution in [-0.2, 0) is 6.54 Å². The van der Waals surface area contributed by atoms with Gasteiger partial charge in [0.25, 0.3) is 0 Å². The van der Waals surface area contributed by atoms with Crippen molar-refractivity contribution in [3.63, 3.8) is 0 Å². The number of halogens is 1. The van der Waals surface area contributed by atoms with E-state index in [9.17, 15) is 4.39 Å². The van der Waals surface area contributed by atoms with Gasteiger partial charge in [0.05, 0.1) is 0 Å². The second kappa shape index (κ2) is 6.04. The molecule has 0 amide bonds. The number of hydrogen-bond acceptors (Lipinski definition) is 2. The van der Waals surface area contributed by atoms with Crippen molar-refractivity contribution in [3.05, 3.63) is 35.1 Å². The van der Waals surface area contributed by atoms with Gasteiger partial charge in [-0.2, -0.15) is 12.6 Å². The van der Waals surface area contributed by atoms with Crippen LogP contribution in [0.2, 0.25) is 0 Å². The molecule has 0 fully saturated rings. The molecule has 0 aliphatic carbocycles. The molecule has 0 radical (unpaired) electrons. The fraction of sp³-hybridized carbons (Fsp3) is 0.455.